The van der Waals surface area contributed by atoms with Crippen molar-refractivity contribution in [2.24, 2.45) is 5.92 Å². The molecule has 19 heavy (non-hydrogen) atoms. The first-order chi connectivity index (χ1) is 8.78. The zero-order valence-electron chi connectivity index (χ0n) is 11.9. The van der Waals surface area contributed by atoms with Crippen molar-refractivity contribution in [2.75, 3.05) is 0 Å². The quantitative estimate of drug-likeness (QED) is 0.769. The predicted molar refractivity (Wildman–Crippen MR) is 71.7 cm³/mol. The lowest BCUT2D eigenvalue weighted by atomic mass is 10.0. The lowest BCUT2D eigenvalue weighted by Crippen LogP contribution is -2.34. The average Bonchev–Trinajstić information content (AvgIpc) is 2.73. The number of hydrogen-bond acceptors (Lipinski definition) is 3. The number of hydrogen-bond donors (Lipinski definition) is 2. The van der Waals surface area contributed by atoms with Gasteiger partial charge in [-0.05, 0) is 33.1 Å². The van der Waals surface area contributed by atoms with Crippen molar-refractivity contribution in [3.8, 4) is 0 Å². The van der Waals surface area contributed by atoms with Crippen LogP contribution in [0.15, 0.2) is 11.8 Å². The van der Waals surface area contributed by atoms with Gasteiger partial charge in [0.15, 0.2) is 0 Å². The van der Waals surface area contributed by atoms with Crippen LogP contribution >= 0.6 is 0 Å². The number of carbonyl (C=O) groups excluding carboxylic acids is 1. The molecule has 1 aliphatic rings. The molecule has 5 nitrogen and oxygen atoms in total. The average molecular weight is 269 g/mol. The minimum absolute atomic E-state index is 0.0962. The lowest BCUT2D eigenvalue weighted by Gasteiger charge is -2.19. The first-order valence-corrected chi connectivity index (χ1v) is 6.71. The van der Waals surface area contributed by atoms with Crippen molar-refractivity contribution < 1.29 is 19.4 Å². The van der Waals surface area contributed by atoms with Crippen LogP contribution in [-0.2, 0) is 9.53 Å². The molecule has 1 aliphatic carbocycles. The van der Waals surface area contributed by atoms with Gasteiger partial charge in [0, 0.05) is 0 Å². The van der Waals surface area contributed by atoms with E-state index in [0.717, 1.165) is 12.8 Å². The Morgan fingerprint density at radius 2 is 1.89 bits per heavy atom. The molecule has 0 heterocycles. The van der Waals surface area contributed by atoms with E-state index < -0.39 is 17.7 Å². The minimum Gasteiger partial charge on any atom is -0.477 e. The zero-order chi connectivity index (χ0) is 14.5. The first kappa shape index (κ1) is 15.5. The van der Waals surface area contributed by atoms with Gasteiger partial charge in [-0.15, -0.1) is 0 Å². The number of rotatable bonds is 4. The standard InChI is InChI=1S/C14H23NO4/c1-14(2,3)19-13(18)15-11(12(16)17)9-8-10-6-4-5-7-10/h9-10H,4-8H2,1-3H3,(H,15,18)(H,16,17). The second-order valence-corrected chi connectivity index (χ2v) is 5.94. The molecule has 0 spiro atoms. The Hall–Kier alpha value is -1.52. The molecule has 108 valence electrons. The summed E-state index contributed by atoms with van der Waals surface area (Å²) in [5.74, 6) is -0.598. The molecule has 0 aromatic heterocycles. The molecule has 0 unspecified atom stereocenters. The maximum Gasteiger partial charge on any atom is 0.412 e. The number of carboxylic acid groups (broad SMARTS) is 1. The van der Waals surface area contributed by atoms with Crippen LogP contribution in [0.2, 0.25) is 0 Å². The molecule has 1 saturated carbocycles. The van der Waals surface area contributed by atoms with Gasteiger partial charge in [0.2, 0.25) is 0 Å². The van der Waals surface area contributed by atoms with Crippen LogP contribution < -0.4 is 5.32 Å². The summed E-state index contributed by atoms with van der Waals surface area (Å²) in [5, 5.41) is 11.4. The molecule has 0 aliphatic heterocycles. The highest BCUT2D eigenvalue weighted by molar-refractivity contribution is 5.90. The monoisotopic (exact) mass is 269 g/mol. The maximum absolute atomic E-state index is 11.5. The van der Waals surface area contributed by atoms with Gasteiger partial charge < -0.3 is 9.84 Å². The van der Waals surface area contributed by atoms with Crippen LogP contribution in [0.4, 0.5) is 4.79 Å². The van der Waals surface area contributed by atoms with Gasteiger partial charge in [0.1, 0.15) is 11.3 Å². The van der Waals surface area contributed by atoms with Crippen molar-refractivity contribution >= 4 is 12.1 Å². The van der Waals surface area contributed by atoms with Gasteiger partial charge in [-0.25, -0.2) is 9.59 Å². The predicted octanol–water partition coefficient (Wildman–Crippen LogP) is 3.06. The SMILES string of the molecule is CC(C)(C)OC(=O)NC(=CCC1CCCC1)C(=O)O. The molecule has 1 amide bonds. The van der Waals surface area contributed by atoms with E-state index in [0.29, 0.717) is 12.3 Å². The van der Waals surface area contributed by atoms with Gasteiger partial charge in [-0.1, -0.05) is 31.8 Å². The summed E-state index contributed by atoms with van der Waals surface area (Å²) in [4.78, 5) is 22.6. The smallest absolute Gasteiger partial charge is 0.412 e. The molecule has 0 aromatic carbocycles. The summed E-state index contributed by atoms with van der Waals surface area (Å²) in [5.41, 5.74) is -0.736. The van der Waals surface area contributed by atoms with Crippen LogP contribution in [0.3, 0.4) is 0 Å². The van der Waals surface area contributed by atoms with E-state index >= 15 is 0 Å². The topological polar surface area (TPSA) is 75.6 Å². The number of allylic oxidation sites excluding steroid dienone is 1. The number of amides is 1. The summed E-state index contributed by atoms with van der Waals surface area (Å²) in [7, 11) is 0. The fourth-order valence-electron chi connectivity index (χ4n) is 2.14. The van der Waals surface area contributed by atoms with E-state index in [1.807, 2.05) is 0 Å². The Bertz CT molecular complexity index is 362. The van der Waals surface area contributed by atoms with Gasteiger partial charge >= 0.3 is 12.1 Å². The molecule has 0 atom stereocenters. The Balaban J connectivity index is 2.54. The highest BCUT2D eigenvalue weighted by atomic mass is 16.6. The molecular weight excluding hydrogens is 246 g/mol. The van der Waals surface area contributed by atoms with Gasteiger partial charge in [0.25, 0.3) is 0 Å². The summed E-state index contributed by atoms with van der Waals surface area (Å²) in [6.45, 7) is 5.19. The van der Waals surface area contributed by atoms with E-state index in [1.54, 1.807) is 26.8 Å². The Kier molecular flexibility index (Phi) is 5.39. The van der Waals surface area contributed by atoms with E-state index in [9.17, 15) is 9.59 Å². The van der Waals surface area contributed by atoms with Crippen LogP contribution in [0.1, 0.15) is 52.9 Å². The van der Waals surface area contributed by atoms with Crippen LogP contribution in [0, 0.1) is 5.92 Å². The molecule has 5 heteroatoms. The van der Waals surface area contributed by atoms with Gasteiger partial charge in [-0.2, -0.15) is 0 Å². The Morgan fingerprint density at radius 3 is 2.37 bits per heavy atom. The highest BCUT2D eigenvalue weighted by Gasteiger charge is 2.20. The summed E-state index contributed by atoms with van der Waals surface area (Å²) < 4.78 is 5.04. The number of alkyl carbamates (subject to hydrolysis) is 1. The molecule has 0 saturated heterocycles. The molecule has 0 bridgehead atoms. The van der Waals surface area contributed by atoms with Crippen molar-refractivity contribution in [2.45, 2.75) is 58.5 Å². The lowest BCUT2D eigenvalue weighted by molar-refractivity contribution is -0.133. The third-order valence-electron chi connectivity index (χ3n) is 3.00. The summed E-state index contributed by atoms with van der Waals surface area (Å²) in [6, 6.07) is 0. The fraction of sp³-hybridized carbons (Fsp3) is 0.714. The van der Waals surface area contributed by atoms with Crippen LogP contribution in [-0.4, -0.2) is 22.8 Å². The zero-order valence-corrected chi connectivity index (χ0v) is 11.9. The number of carboxylic acids is 1. The number of aliphatic carboxylic acids is 1. The normalized spacial score (nSPS) is 17.3. The highest BCUT2D eigenvalue weighted by Crippen LogP contribution is 2.28. The number of ether oxygens (including phenoxy) is 1. The van der Waals surface area contributed by atoms with Crippen molar-refractivity contribution in [1.82, 2.24) is 5.32 Å². The third kappa shape index (κ3) is 6.27. The van der Waals surface area contributed by atoms with E-state index in [-0.39, 0.29) is 5.70 Å². The second-order valence-electron chi connectivity index (χ2n) is 5.94. The van der Waals surface area contributed by atoms with E-state index in [2.05, 4.69) is 5.32 Å². The number of carbonyl (C=O) groups is 2. The van der Waals surface area contributed by atoms with Gasteiger partial charge in [0.05, 0.1) is 0 Å². The Morgan fingerprint density at radius 1 is 1.32 bits per heavy atom. The minimum atomic E-state index is -1.14. The third-order valence-corrected chi connectivity index (χ3v) is 3.00. The van der Waals surface area contributed by atoms with Crippen molar-refractivity contribution in [3.05, 3.63) is 11.8 Å². The molecule has 1 rings (SSSR count). The van der Waals surface area contributed by atoms with Crippen LogP contribution in [0.25, 0.3) is 0 Å². The van der Waals surface area contributed by atoms with E-state index in [1.165, 1.54) is 12.8 Å². The number of nitrogens with one attached hydrogen (secondary N) is 1. The molecule has 2 N–H and O–H groups in total. The Labute approximate surface area is 114 Å². The molecule has 0 radical (unpaired) electrons. The van der Waals surface area contributed by atoms with Crippen molar-refractivity contribution in [1.29, 1.82) is 0 Å². The maximum atomic E-state index is 11.5. The van der Waals surface area contributed by atoms with Gasteiger partial charge in [-0.3, -0.25) is 5.32 Å². The summed E-state index contributed by atoms with van der Waals surface area (Å²) >= 11 is 0. The molecule has 0 aromatic rings. The van der Waals surface area contributed by atoms with Crippen LogP contribution in [0.5, 0.6) is 0 Å². The van der Waals surface area contributed by atoms with E-state index in [4.69, 9.17) is 9.84 Å². The molecular formula is C14H23NO4. The largest absolute Gasteiger partial charge is 0.477 e. The first-order valence-electron chi connectivity index (χ1n) is 6.71. The second kappa shape index (κ2) is 6.59. The van der Waals surface area contributed by atoms with Crippen molar-refractivity contribution in [3.63, 3.8) is 0 Å². The molecule has 1 fully saturated rings. The fourth-order valence-corrected chi connectivity index (χ4v) is 2.14. The summed E-state index contributed by atoms with van der Waals surface area (Å²) in [6.07, 6.45) is 6.24.